The molecule has 7 heteroatoms. The Kier molecular flexibility index (Phi) is 6.36. The number of anilines is 3. The van der Waals surface area contributed by atoms with E-state index >= 15 is 0 Å². The molecule has 0 saturated carbocycles. The summed E-state index contributed by atoms with van der Waals surface area (Å²) in [4.78, 5) is 22.7. The van der Waals surface area contributed by atoms with Gasteiger partial charge in [-0.1, -0.05) is 12.1 Å². The largest absolute Gasteiger partial charge is 0.340 e. The third-order valence-electron chi connectivity index (χ3n) is 3.73. The summed E-state index contributed by atoms with van der Waals surface area (Å²) in [6.07, 6.45) is 4.89. The lowest BCUT2D eigenvalue weighted by atomic mass is 10.2. The second-order valence-corrected chi connectivity index (χ2v) is 7.49. The SMILES string of the molecule is CN(C)CC=CC(=O)Nc1ccc2ncnc(Nc3cccc(I)c3)c2c1. The molecule has 0 unspecified atom stereocenters. The van der Waals surface area contributed by atoms with Crippen molar-refractivity contribution in [3.05, 3.63) is 64.5 Å². The van der Waals surface area contributed by atoms with Gasteiger partial charge in [-0.05, 0) is 73.1 Å². The predicted octanol–water partition coefficient (Wildman–Crippen LogP) is 4.03. The van der Waals surface area contributed by atoms with Gasteiger partial charge in [-0.3, -0.25) is 4.79 Å². The van der Waals surface area contributed by atoms with Crippen molar-refractivity contribution in [3.8, 4) is 0 Å². The van der Waals surface area contributed by atoms with Crippen LogP contribution in [0.4, 0.5) is 17.2 Å². The molecule has 2 N–H and O–H groups in total. The van der Waals surface area contributed by atoms with Gasteiger partial charge >= 0.3 is 0 Å². The maximum Gasteiger partial charge on any atom is 0.248 e. The molecule has 2 aromatic carbocycles. The molecule has 0 aliphatic heterocycles. The van der Waals surface area contributed by atoms with E-state index in [2.05, 4.69) is 43.2 Å². The molecule has 0 atom stereocenters. The summed E-state index contributed by atoms with van der Waals surface area (Å²) in [6.45, 7) is 0.711. The monoisotopic (exact) mass is 473 g/mol. The zero-order chi connectivity index (χ0) is 19.2. The molecule has 27 heavy (non-hydrogen) atoms. The first-order chi connectivity index (χ1) is 13.0. The second-order valence-electron chi connectivity index (χ2n) is 6.24. The molecular weight excluding hydrogens is 453 g/mol. The van der Waals surface area contributed by atoms with Gasteiger partial charge in [0.15, 0.2) is 0 Å². The second kappa shape index (κ2) is 8.92. The minimum absolute atomic E-state index is 0.167. The molecule has 3 rings (SSSR count). The number of rotatable bonds is 6. The Morgan fingerprint density at radius 3 is 2.78 bits per heavy atom. The zero-order valence-electron chi connectivity index (χ0n) is 15.1. The van der Waals surface area contributed by atoms with Gasteiger partial charge in [0.05, 0.1) is 5.52 Å². The quantitative estimate of drug-likeness (QED) is 0.418. The van der Waals surface area contributed by atoms with Crippen LogP contribution in [0.1, 0.15) is 0 Å². The highest BCUT2D eigenvalue weighted by molar-refractivity contribution is 14.1. The Labute approximate surface area is 171 Å². The highest BCUT2D eigenvalue weighted by Gasteiger charge is 2.07. The summed E-state index contributed by atoms with van der Waals surface area (Å²) in [5.74, 6) is 0.529. The first kappa shape index (κ1) is 19.2. The number of benzene rings is 2. The van der Waals surface area contributed by atoms with Crippen molar-refractivity contribution in [2.24, 2.45) is 0 Å². The lowest BCUT2D eigenvalue weighted by molar-refractivity contribution is -0.111. The van der Waals surface area contributed by atoms with Crippen molar-refractivity contribution in [1.82, 2.24) is 14.9 Å². The van der Waals surface area contributed by atoms with Crippen LogP contribution in [0, 0.1) is 3.57 Å². The number of aromatic nitrogens is 2. The maximum absolute atomic E-state index is 12.1. The van der Waals surface area contributed by atoms with Gasteiger partial charge in [0.25, 0.3) is 0 Å². The summed E-state index contributed by atoms with van der Waals surface area (Å²) < 4.78 is 1.13. The number of fused-ring (bicyclic) bond motifs is 1. The summed E-state index contributed by atoms with van der Waals surface area (Å²) in [6, 6.07) is 13.6. The molecule has 0 bridgehead atoms. The van der Waals surface area contributed by atoms with Crippen molar-refractivity contribution >= 4 is 56.6 Å². The lowest BCUT2D eigenvalue weighted by Crippen LogP contribution is -2.12. The summed E-state index contributed by atoms with van der Waals surface area (Å²) in [5.41, 5.74) is 2.45. The van der Waals surface area contributed by atoms with E-state index in [1.165, 1.54) is 12.4 Å². The average Bonchev–Trinajstić information content (AvgIpc) is 2.62. The number of likely N-dealkylation sites (N-methyl/N-ethyl adjacent to an activating group) is 1. The Bertz CT molecular complexity index is 987. The van der Waals surface area contributed by atoms with E-state index < -0.39 is 0 Å². The van der Waals surface area contributed by atoms with Gasteiger partial charge in [-0.25, -0.2) is 9.97 Å². The Morgan fingerprint density at radius 1 is 1.15 bits per heavy atom. The average molecular weight is 473 g/mol. The van der Waals surface area contributed by atoms with E-state index in [4.69, 9.17) is 0 Å². The van der Waals surface area contributed by atoms with E-state index in [1.54, 1.807) is 0 Å². The van der Waals surface area contributed by atoms with E-state index in [1.807, 2.05) is 67.5 Å². The molecule has 1 aromatic heterocycles. The van der Waals surface area contributed by atoms with E-state index in [-0.39, 0.29) is 5.91 Å². The van der Waals surface area contributed by atoms with Crippen molar-refractivity contribution in [2.45, 2.75) is 0 Å². The van der Waals surface area contributed by atoms with Crippen LogP contribution in [-0.4, -0.2) is 41.4 Å². The van der Waals surface area contributed by atoms with Gasteiger partial charge in [-0.15, -0.1) is 0 Å². The highest BCUT2D eigenvalue weighted by Crippen LogP contribution is 2.26. The number of halogens is 1. The normalized spacial score (nSPS) is 11.3. The standard InChI is InChI=1S/C20H20IN5O/c1-26(2)10-4-7-19(27)24-16-8-9-18-17(12-16)20(23-13-22-18)25-15-6-3-5-14(21)11-15/h3-9,11-13H,10H2,1-2H3,(H,24,27)(H,22,23,25). The highest BCUT2D eigenvalue weighted by atomic mass is 127. The molecular formula is C20H20IN5O. The lowest BCUT2D eigenvalue weighted by Gasteiger charge is -2.10. The van der Waals surface area contributed by atoms with Crippen molar-refractivity contribution in [1.29, 1.82) is 0 Å². The topological polar surface area (TPSA) is 70.2 Å². The number of carbonyl (C=O) groups is 1. The van der Waals surface area contributed by atoms with Gasteiger partial charge in [0.2, 0.25) is 5.91 Å². The van der Waals surface area contributed by atoms with Crippen LogP contribution in [0.25, 0.3) is 10.9 Å². The third-order valence-corrected chi connectivity index (χ3v) is 4.40. The van der Waals surface area contributed by atoms with Crippen molar-refractivity contribution < 1.29 is 4.79 Å². The summed E-state index contributed by atoms with van der Waals surface area (Å²) in [7, 11) is 3.90. The van der Waals surface area contributed by atoms with Crippen LogP contribution in [0.5, 0.6) is 0 Å². The molecule has 3 aromatic rings. The van der Waals surface area contributed by atoms with Gasteiger partial charge in [0, 0.05) is 33.0 Å². The summed E-state index contributed by atoms with van der Waals surface area (Å²) >= 11 is 2.27. The molecule has 1 amide bonds. The van der Waals surface area contributed by atoms with Crippen LogP contribution < -0.4 is 10.6 Å². The molecule has 0 radical (unpaired) electrons. The molecule has 0 fully saturated rings. The fourth-order valence-corrected chi connectivity index (χ4v) is 3.03. The first-order valence-corrected chi connectivity index (χ1v) is 9.49. The molecule has 0 aliphatic rings. The molecule has 0 saturated heterocycles. The predicted molar refractivity (Wildman–Crippen MR) is 118 cm³/mol. The fraction of sp³-hybridized carbons (Fsp3) is 0.150. The van der Waals surface area contributed by atoms with Crippen LogP contribution in [0.2, 0.25) is 0 Å². The Morgan fingerprint density at radius 2 is 2.00 bits per heavy atom. The Balaban J connectivity index is 1.83. The minimum Gasteiger partial charge on any atom is -0.340 e. The van der Waals surface area contributed by atoms with Crippen molar-refractivity contribution in [3.63, 3.8) is 0 Å². The summed E-state index contributed by atoms with van der Waals surface area (Å²) in [5, 5.41) is 7.05. The van der Waals surface area contributed by atoms with Crippen LogP contribution in [0.15, 0.2) is 60.9 Å². The van der Waals surface area contributed by atoms with E-state index in [0.29, 0.717) is 18.1 Å². The number of nitrogens with one attached hydrogen (secondary N) is 2. The number of hydrogen-bond donors (Lipinski definition) is 2. The minimum atomic E-state index is -0.167. The van der Waals surface area contributed by atoms with Gasteiger partial charge < -0.3 is 15.5 Å². The third kappa shape index (κ3) is 5.48. The van der Waals surface area contributed by atoms with Crippen molar-refractivity contribution in [2.75, 3.05) is 31.3 Å². The maximum atomic E-state index is 12.1. The zero-order valence-corrected chi connectivity index (χ0v) is 17.3. The van der Waals surface area contributed by atoms with Crippen LogP contribution in [0.3, 0.4) is 0 Å². The van der Waals surface area contributed by atoms with E-state index in [0.717, 1.165) is 20.2 Å². The van der Waals surface area contributed by atoms with Crippen LogP contribution in [-0.2, 0) is 4.79 Å². The fourth-order valence-electron chi connectivity index (χ4n) is 2.49. The van der Waals surface area contributed by atoms with Crippen LogP contribution >= 0.6 is 22.6 Å². The molecule has 6 nitrogen and oxygen atoms in total. The molecule has 0 aliphatic carbocycles. The van der Waals surface area contributed by atoms with E-state index in [9.17, 15) is 4.79 Å². The number of nitrogens with zero attached hydrogens (tertiary/aromatic N) is 3. The molecule has 0 spiro atoms. The van der Waals surface area contributed by atoms with Gasteiger partial charge in [0.1, 0.15) is 12.1 Å². The molecule has 1 heterocycles. The first-order valence-electron chi connectivity index (χ1n) is 8.41. The smallest absolute Gasteiger partial charge is 0.248 e. The van der Waals surface area contributed by atoms with Gasteiger partial charge in [-0.2, -0.15) is 0 Å². The number of hydrogen-bond acceptors (Lipinski definition) is 5. The molecule has 138 valence electrons. The number of carbonyl (C=O) groups excluding carboxylic acids is 1. The number of amides is 1. The Hall–Kier alpha value is -2.52.